The Bertz CT molecular complexity index is 110. The summed E-state index contributed by atoms with van der Waals surface area (Å²) in [7, 11) is 2.21. The van der Waals surface area contributed by atoms with Gasteiger partial charge in [0.1, 0.15) is 0 Å². The molecule has 1 aliphatic rings. The second-order valence-electron chi connectivity index (χ2n) is 2.39. The van der Waals surface area contributed by atoms with Gasteiger partial charge in [-0.1, -0.05) is 0 Å². The highest BCUT2D eigenvalue weighted by molar-refractivity contribution is 7.39. The van der Waals surface area contributed by atoms with Gasteiger partial charge in [-0.05, 0) is 28.5 Å². The van der Waals surface area contributed by atoms with Crippen molar-refractivity contribution in [1.82, 2.24) is 4.90 Å². The van der Waals surface area contributed by atoms with Crippen LogP contribution >= 0.6 is 9.24 Å². The molecule has 52 valence electrons. The molecule has 0 bridgehead atoms. The van der Waals surface area contributed by atoms with Crippen LogP contribution in [0, 0.1) is 0 Å². The van der Waals surface area contributed by atoms with Crippen molar-refractivity contribution in [2.75, 3.05) is 13.1 Å². The predicted molar refractivity (Wildman–Crippen MR) is 40.5 cm³/mol. The summed E-state index contributed by atoms with van der Waals surface area (Å²) in [5.41, 5.74) is 0.148. The van der Waals surface area contributed by atoms with E-state index >= 15 is 0 Å². The van der Waals surface area contributed by atoms with Crippen LogP contribution < -0.4 is 0 Å². The minimum absolute atomic E-state index is 0.148. The van der Waals surface area contributed by atoms with Crippen molar-refractivity contribution in [2.45, 2.75) is 19.3 Å². The standard InChI is InChI=1S/C6H12NOP/c8-6(9)7-4-2-1-3-5-7/h1-5,9H2. The second-order valence-corrected chi connectivity index (χ2v) is 2.88. The van der Waals surface area contributed by atoms with Crippen molar-refractivity contribution in [2.24, 2.45) is 0 Å². The maximum absolute atomic E-state index is 10.7. The Morgan fingerprint density at radius 1 is 1.22 bits per heavy atom. The summed E-state index contributed by atoms with van der Waals surface area (Å²) in [5, 5.41) is 0. The Kier molecular flexibility index (Phi) is 2.47. The van der Waals surface area contributed by atoms with Crippen molar-refractivity contribution >= 4 is 14.9 Å². The van der Waals surface area contributed by atoms with Gasteiger partial charge in [0.05, 0.1) is 0 Å². The number of carbonyl (C=O) groups is 1. The molecule has 1 atom stereocenters. The maximum atomic E-state index is 10.7. The van der Waals surface area contributed by atoms with Crippen LogP contribution in [-0.4, -0.2) is 23.6 Å². The first-order valence-electron chi connectivity index (χ1n) is 3.35. The predicted octanol–water partition coefficient (Wildman–Crippen LogP) is 1.47. The van der Waals surface area contributed by atoms with Gasteiger partial charge in [0.2, 0.25) is 5.65 Å². The summed E-state index contributed by atoms with van der Waals surface area (Å²) in [6, 6.07) is 0. The van der Waals surface area contributed by atoms with Crippen LogP contribution in [0.2, 0.25) is 0 Å². The van der Waals surface area contributed by atoms with E-state index in [1.54, 1.807) is 0 Å². The highest BCUT2D eigenvalue weighted by Crippen LogP contribution is 2.10. The molecule has 1 aliphatic heterocycles. The minimum Gasteiger partial charge on any atom is -0.340 e. The number of rotatable bonds is 0. The van der Waals surface area contributed by atoms with E-state index in [1.807, 2.05) is 4.90 Å². The summed E-state index contributed by atoms with van der Waals surface area (Å²) in [6.45, 7) is 1.92. The number of piperidine rings is 1. The SMILES string of the molecule is O=C(P)N1CCCCC1. The van der Waals surface area contributed by atoms with Crippen LogP contribution in [0.4, 0.5) is 4.79 Å². The van der Waals surface area contributed by atoms with Gasteiger partial charge in [-0.15, -0.1) is 0 Å². The van der Waals surface area contributed by atoms with E-state index in [1.165, 1.54) is 19.3 Å². The molecule has 0 aliphatic carbocycles. The molecular formula is C6H12NOP. The van der Waals surface area contributed by atoms with Gasteiger partial charge < -0.3 is 4.90 Å². The van der Waals surface area contributed by atoms with E-state index in [4.69, 9.17) is 0 Å². The van der Waals surface area contributed by atoms with E-state index in [9.17, 15) is 4.79 Å². The first-order chi connectivity index (χ1) is 4.30. The van der Waals surface area contributed by atoms with Crippen molar-refractivity contribution in [3.05, 3.63) is 0 Å². The molecule has 0 saturated carbocycles. The van der Waals surface area contributed by atoms with Crippen LogP contribution in [-0.2, 0) is 0 Å². The number of likely N-dealkylation sites (tertiary alicyclic amines) is 1. The molecule has 0 aromatic heterocycles. The maximum Gasteiger partial charge on any atom is 0.237 e. The fourth-order valence-corrected chi connectivity index (χ4v) is 1.37. The minimum atomic E-state index is 0.148. The van der Waals surface area contributed by atoms with Crippen molar-refractivity contribution < 1.29 is 4.79 Å². The third-order valence-corrected chi connectivity index (χ3v) is 2.03. The molecule has 1 amide bonds. The van der Waals surface area contributed by atoms with Crippen LogP contribution in [0.1, 0.15) is 19.3 Å². The largest absolute Gasteiger partial charge is 0.340 e. The fourth-order valence-electron chi connectivity index (χ4n) is 1.11. The molecular weight excluding hydrogens is 133 g/mol. The van der Waals surface area contributed by atoms with Crippen LogP contribution in [0.3, 0.4) is 0 Å². The Morgan fingerprint density at radius 3 is 2.11 bits per heavy atom. The van der Waals surface area contributed by atoms with Gasteiger partial charge in [0.15, 0.2) is 0 Å². The molecule has 1 rings (SSSR count). The quantitative estimate of drug-likeness (QED) is 0.472. The average molecular weight is 145 g/mol. The van der Waals surface area contributed by atoms with E-state index in [0.29, 0.717) is 0 Å². The Balaban J connectivity index is 2.31. The van der Waals surface area contributed by atoms with E-state index < -0.39 is 0 Å². The molecule has 9 heavy (non-hydrogen) atoms. The topological polar surface area (TPSA) is 20.3 Å². The first-order valence-corrected chi connectivity index (χ1v) is 3.93. The van der Waals surface area contributed by atoms with Gasteiger partial charge in [0, 0.05) is 13.1 Å². The molecule has 1 fully saturated rings. The smallest absolute Gasteiger partial charge is 0.237 e. The van der Waals surface area contributed by atoms with Crippen LogP contribution in [0.25, 0.3) is 0 Å². The molecule has 0 aromatic rings. The summed E-state index contributed by atoms with van der Waals surface area (Å²) in [5.74, 6) is 0. The number of amides is 1. The monoisotopic (exact) mass is 145 g/mol. The van der Waals surface area contributed by atoms with Crippen molar-refractivity contribution in [3.8, 4) is 0 Å². The van der Waals surface area contributed by atoms with Crippen molar-refractivity contribution in [1.29, 1.82) is 0 Å². The highest BCUT2D eigenvalue weighted by atomic mass is 31.0. The second kappa shape index (κ2) is 3.17. The lowest BCUT2D eigenvalue weighted by Gasteiger charge is -2.24. The van der Waals surface area contributed by atoms with Crippen LogP contribution in [0.15, 0.2) is 0 Å². The molecule has 0 spiro atoms. The lowest BCUT2D eigenvalue weighted by Crippen LogP contribution is -2.31. The summed E-state index contributed by atoms with van der Waals surface area (Å²) >= 11 is 0. The molecule has 0 aromatic carbocycles. The zero-order valence-electron chi connectivity index (χ0n) is 5.47. The molecule has 0 radical (unpaired) electrons. The zero-order valence-corrected chi connectivity index (χ0v) is 6.62. The first kappa shape index (κ1) is 7.01. The Hall–Kier alpha value is -0.100. The highest BCUT2D eigenvalue weighted by Gasteiger charge is 2.11. The molecule has 2 nitrogen and oxygen atoms in total. The van der Waals surface area contributed by atoms with Crippen molar-refractivity contribution in [3.63, 3.8) is 0 Å². The van der Waals surface area contributed by atoms with E-state index in [0.717, 1.165) is 13.1 Å². The Labute approximate surface area is 57.8 Å². The zero-order chi connectivity index (χ0) is 6.69. The lowest BCUT2D eigenvalue weighted by atomic mass is 10.1. The van der Waals surface area contributed by atoms with Gasteiger partial charge in [-0.25, -0.2) is 0 Å². The normalized spacial score (nSPS) is 19.9. The summed E-state index contributed by atoms with van der Waals surface area (Å²) in [4.78, 5) is 12.6. The number of carbonyl (C=O) groups excluding carboxylic acids is 1. The molecule has 3 heteroatoms. The number of hydrogen-bond acceptors (Lipinski definition) is 1. The number of nitrogens with zero attached hydrogens (tertiary/aromatic N) is 1. The molecule has 1 heterocycles. The van der Waals surface area contributed by atoms with E-state index in [2.05, 4.69) is 9.24 Å². The van der Waals surface area contributed by atoms with Gasteiger partial charge in [0.25, 0.3) is 0 Å². The molecule has 0 N–H and O–H groups in total. The Morgan fingerprint density at radius 2 is 1.78 bits per heavy atom. The van der Waals surface area contributed by atoms with E-state index in [-0.39, 0.29) is 5.65 Å². The lowest BCUT2D eigenvalue weighted by molar-refractivity contribution is 0.211. The van der Waals surface area contributed by atoms with Crippen LogP contribution in [0.5, 0.6) is 0 Å². The third kappa shape index (κ3) is 1.94. The average Bonchev–Trinajstić information content (AvgIpc) is 1.90. The fraction of sp³-hybridized carbons (Fsp3) is 0.833. The van der Waals surface area contributed by atoms with Gasteiger partial charge >= 0.3 is 0 Å². The molecule has 1 saturated heterocycles. The van der Waals surface area contributed by atoms with Gasteiger partial charge in [-0.3, -0.25) is 4.79 Å². The third-order valence-electron chi connectivity index (χ3n) is 1.67. The summed E-state index contributed by atoms with van der Waals surface area (Å²) < 4.78 is 0. The molecule has 1 unspecified atom stereocenters. The van der Waals surface area contributed by atoms with Gasteiger partial charge in [-0.2, -0.15) is 0 Å². The summed E-state index contributed by atoms with van der Waals surface area (Å²) in [6.07, 6.45) is 3.65. The number of hydrogen-bond donors (Lipinski definition) is 0.